The molecule has 0 bridgehead atoms. The van der Waals surface area contributed by atoms with Crippen LogP contribution in [0.3, 0.4) is 0 Å². The van der Waals surface area contributed by atoms with Crippen molar-refractivity contribution in [2.24, 2.45) is 11.8 Å². The van der Waals surface area contributed by atoms with Crippen molar-refractivity contribution in [1.82, 2.24) is 20.2 Å². The highest BCUT2D eigenvalue weighted by atomic mass is 19.1. The molecule has 6 nitrogen and oxygen atoms in total. The molecule has 3 atom stereocenters. The number of amides is 1. The number of fused-ring (bicyclic) bond motifs is 1. The van der Waals surface area contributed by atoms with Crippen molar-refractivity contribution >= 4 is 5.91 Å². The molecule has 2 aliphatic rings. The van der Waals surface area contributed by atoms with Gasteiger partial charge in [0.1, 0.15) is 11.5 Å². The number of ether oxygens (including phenoxy) is 1. The molecule has 0 spiro atoms. The first kappa shape index (κ1) is 17.1. The Morgan fingerprint density at radius 1 is 1.31 bits per heavy atom. The van der Waals surface area contributed by atoms with Crippen LogP contribution in [-0.2, 0) is 11.3 Å². The number of aromatic nitrogens is 2. The maximum absolute atomic E-state index is 13.9. The van der Waals surface area contributed by atoms with Gasteiger partial charge in [0.25, 0.3) is 5.91 Å². The van der Waals surface area contributed by atoms with Gasteiger partial charge in [0.15, 0.2) is 0 Å². The fourth-order valence-corrected chi connectivity index (χ4v) is 3.82. The zero-order valence-electron chi connectivity index (χ0n) is 14.3. The highest BCUT2D eigenvalue weighted by Gasteiger charge is 2.43. The maximum atomic E-state index is 13.9. The van der Waals surface area contributed by atoms with Gasteiger partial charge in [0.2, 0.25) is 0 Å². The van der Waals surface area contributed by atoms with Gasteiger partial charge in [-0.2, -0.15) is 0 Å². The second-order valence-corrected chi connectivity index (χ2v) is 6.88. The summed E-state index contributed by atoms with van der Waals surface area (Å²) in [7, 11) is 0. The molecule has 4 rings (SSSR count). The molecule has 0 saturated carbocycles. The summed E-state index contributed by atoms with van der Waals surface area (Å²) in [5, 5.41) is 2.93. The zero-order chi connectivity index (χ0) is 17.9. The largest absolute Gasteiger partial charge is 0.376 e. The summed E-state index contributed by atoms with van der Waals surface area (Å²) in [6.07, 6.45) is 4.64. The molecule has 136 valence electrons. The molecule has 2 saturated heterocycles. The van der Waals surface area contributed by atoms with Crippen molar-refractivity contribution in [3.63, 3.8) is 0 Å². The van der Waals surface area contributed by atoms with Crippen LogP contribution in [0, 0.1) is 17.7 Å². The number of carbonyl (C=O) groups is 1. The van der Waals surface area contributed by atoms with Crippen molar-refractivity contribution in [1.29, 1.82) is 0 Å². The summed E-state index contributed by atoms with van der Waals surface area (Å²) in [5.74, 6) is 0.219. The Labute approximate surface area is 151 Å². The Balaban J connectivity index is 1.32. The van der Waals surface area contributed by atoms with Crippen LogP contribution < -0.4 is 5.32 Å². The number of halogens is 1. The Kier molecular flexibility index (Phi) is 4.90. The molecule has 2 fully saturated rings. The van der Waals surface area contributed by atoms with Crippen molar-refractivity contribution in [3.05, 3.63) is 59.9 Å². The average Bonchev–Trinajstić information content (AvgIpc) is 3.23. The Morgan fingerprint density at radius 2 is 2.19 bits per heavy atom. The third kappa shape index (κ3) is 3.59. The normalized spacial score (nSPS) is 25.2. The molecule has 0 aliphatic carbocycles. The van der Waals surface area contributed by atoms with E-state index in [9.17, 15) is 9.18 Å². The Morgan fingerprint density at radius 3 is 3.00 bits per heavy atom. The first-order valence-corrected chi connectivity index (χ1v) is 8.82. The third-order valence-corrected chi connectivity index (χ3v) is 5.19. The van der Waals surface area contributed by atoms with Gasteiger partial charge in [0, 0.05) is 56.0 Å². The molecule has 3 heterocycles. The molecular formula is C19H21FN4O2. The van der Waals surface area contributed by atoms with Gasteiger partial charge in [-0.1, -0.05) is 18.2 Å². The van der Waals surface area contributed by atoms with Gasteiger partial charge in [-0.05, 0) is 6.07 Å². The quantitative estimate of drug-likeness (QED) is 0.879. The van der Waals surface area contributed by atoms with Crippen LogP contribution in [-0.4, -0.2) is 53.1 Å². The van der Waals surface area contributed by atoms with Gasteiger partial charge >= 0.3 is 0 Å². The molecule has 1 amide bonds. The summed E-state index contributed by atoms with van der Waals surface area (Å²) >= 11 is 0. The van der Waals surface area contributed by atoms with Gasteiger partial charge in [-0.15, -0.1) is 0 Å². The molecule has 2 aromatic rings. The first-order valence-electron chi connectivity index (χ1n) is 8.82. The van der Waals surface area contributed by atoms with Gasteiger partial charge in [-0.3, -0.25) is 14.7 Å². The number of nitrogens with zero attached hydrogens (tertiary/aromatic N) is 3. The van der Waals surface area contributed by atoms with Crippen molar-refractivity contribution in [2.75, 3.05) is 26.2 Å². The number of carbonyl (C=O) groups excluding carboxylic acids is 1. The number of hydrogen-bond donors (Lipinski definition) is 1. The molecular weight excluding hydrogens is 335 g/mol. The van der Waals surface area contributed by atoms with E-state index in [2.05, 4.69) is 20.2 Å². The second-order valence-electron chi connectivity index (χ2n) is 6.88. The molecule has 1 N–H and O–H groups in total. The molecule has 1 aromatic carbocycles. The van der Waals surface area contributed by atoms with E-state index < -0.39 is 0 Å². The summed E-state index contributed by atoms with van der Waals surface area (Å²) in [6.45, 7) is 3.42. The SMILES string of the molecule is O=C(NC[C@H]1CO[C@@H]2CN(Cc3ccccc3F)C[C@H]12)c1cnccn1. The Hall–Kier alpha value is -2.38. The average molecular weight is 356 g/mol. The standard InChI is InChI=1S/C19H21FN4O2/c20-16-4-2-1-3-13(16)9-24-10-15-14(12-26-18(15)11-24)7-23-19(25)17-8-21-5-6-22-17/h1-6,8,14-15,18H,7,9-12H2,(H,23,25)/t14-,15+,18+/m0/s1. The van der Waals surface area contributed by atoms with E-state index in [1.54, 1.807) is 6.07 Å². The van der Waals surface area contributed by atoms with E-state index in [0.717, 1.165) is 13.1 Å². The van der Waals surface area contributed by atoms with Crippen LogP contribution in [0.5, 0.6) is 0 Å². The lowest BCUT2D eigenvalue weighted by Crippen LogP contribution is -2.34. The molecule has 2 aliphatic heterocycles. The highest BCUT2D eigenvalue weighted by Crippen LogP contribution is 2.34. The lowest BCUT2D eigenvalue weighted by atomic mass is 9.93. The lowest BCUT2D eigenvalue weighted by molar-refractivity contribution is 0.0900. The first-order chi connectivity index (χ1) is 12.7. The van der Waals surface area contributed by atoms with Crippen LogP contribution in [0.1, 0.15) is 16.1 Å². The minimum Gasteiger partial charge on any atom is -0.376 e. The van der Waals surface area contributed by atoms with Crippen LogP contribution >= 0.6 is 0 Å². The second kappa shape index (κ2) is 7.47. The van der Waals surface area contributed by atoms with Crippen LogP contribution in [0.2, 0.25) is 0 Å². The predicted octanol–water partition coefficient (Wildman–Crippen LogP) is 1.49. The van der Waals surface area contributed by atoms with E-state index in [1.165, 1.54) is 24.7 Å². The van der Waals surface area contributed by atoms with Crippen molar-refractivity contribution in [3.8, 4) is 0 Å². The number of hydrogen-bond acceptors (Lipinski definition) is 5. The number of benzene rings is 1. The summed E-state index contributed by atoms with van der Waals surface area (Å²) < 4.78 is 19.8. The topological polar surface area (TPSA) is 67.3 Å². The fraction of sp³-hybridized carbons (Fsp3) is 0.421. The minimum absolute atomic E-state index is 0.153. The predicted molar refractivity (Wildman–Crippen MR) is 92.8 cm³/mol. The Bertz CT molecular complexity index is 773. The van der Waals surface area contributed by atoms with Crippen molar-refractivity contribution in [2.45, 2.75) is 12.6 Å². The van der Waals surface area contributed by atoms with Crippen LogP contribution in [0.15, 0.2) is 42.9 Å². The summed E-state index contributed by atoms with van der Waals surface area (Å²) in [6, 6.07) is 6.88. The molecule has 7 heteroatoms. The smallest absolute Gasteiger partial charge is 0.271 e. The van der Waals surface area contributed by atoms with Crippen molar-refractivity contribution < 1.29 is 13.9 Å². The monoisotopic (exact) mass is 356 g/mol. The molecule has 0 unspecified atom stereocenters. The number of nitrogens with one attached hydrogen (secondary N) is 1. The van der Waals surface area contributed by atoms with Crippen LogP contribution in [0.4, 0.5) is 4.39 Å². The number of rotatable bonds is 5. The van der Waals surface area contributed by atoms with Gasteiger partial charge in [-0.25, -0.2) is 9.37 Å². The molecule has 0 radical (unpaired) electrons. The highest BCUT2D eigenvalue weighted by molar-refractivity contribution is 5.91. The summed E-state index contributed by atoms with van der Waals surface area (Å²) in [4.78, 5) is 22.3. The van der Waals surface area contributed by atoms with E-state index >= 15 is 0 Å². The van der Waals surface area contributed by atoms with E-state index in [0.29, 0.717) is 36.9 Å². The van der Waals surface area contributed by atoms with E-state index in [-0.39, 0.29) is 23.7 Å². The molecule has 1 aromatic heterocycles. The maximum Gasteiger partial charge on any atom is 0.271 e. The number of likely N-dealkylation sites (tertiary alicyclic amines) is 1. The van der Waals surface area contributed by atoms with Gasteiger partial charge in [0.05, 0.1) is 18.9 Å². The zero-order valence-corrected chi connectivity index (χ0v) is 14.3. The van der Waals surface area contributed by atoms with Crippen LogP contribution in [0.25, 0.3) is 0 Å². The van der Waals surface area contributed by atoms with E-state index in [4.69, 9.17) is 4.74 Å². The van der Waals surface area contributed by atoms with Gasteiger partial charge < -0.3 is 10.1 Å². The summed E-state index contributed by atoms with van der Waals surface area (Å²) in [5.41, 5.74) is 1.02. The fourth-order valence-electron chi connectivity index (χ4n) is 3.82. The molecule has 26 heavy (non-hydrogen) atoms. The third-order valence-electron chi connectivity index (χ3n) is 5.19. The lowest BCUT2D eigenvalue weighted by Gasteiger charge is -2.20. The van der Waals surface area contributed by atoms with E-state index in [1.807, 2.05) is 12.1 Å². The minimum atomic E-state index is -0.220.